The summed E-state index contributed by atoms with van der Waals surface area (Å²) in [6.07, 6.45) is 5.72. The van der Waals surface area contributed by atoms with E-state index in [2.05, 4.69) is 46.4 Å². The molecule has 0 amide bonds. The molecule has 32 heavy (non-hydrogen) atoms. The van der Waals surface area contributed by atoms with Crippen molar-refractivity contribution in [2.75, 3.05) is 19.7 Å². The highest BCUT2D eigenvalue weighted by molar-refractivity contribution is 5.86. The van der Waals surface area contributed by atoms with Gasteiger partial charge in [0.2, 0.25) is 0 Å². The molecule has 2 fully saturated rings. The van der Waals surface area contributed by atoms with Crippen molar-refractivity contribution in [3.63, 3.8) is 0 Å². The molecule has 2 N–H and O–H groups in total. The fourth-order valence-corrected chi connectivity index (χ4v) is 4.56. The van der Waals surface area contributed by atoms with Crippen molar-refractivity contribution in [2.45, 2.75) is 38.3 Å². The average molecular weight is 429 g/mol. The molecular weight excluding hydrogens is 400 g/mol. The Hall–Kier alpha value is -3.03. The summed E-state index contributed by atoms with van der Waals surface area (Å²) in [4.78, 5) is 7.39. The van der Waals surface area contributed by atoms with Crippen molar-refractivity contribution in [1.29, 1.82) is 0 Å². The molecule has 0 bridgehead atoms. The Labute approximate surface area is 187 Å². The number of para-hydroxylation sites is 1. The molecular formula is C25H28N6O. The van der Waals surface area contributed by atoms with Crippen LogP contribution in [0, 0.1) is 5.92 Å². The van der Waals surface area contributed by atoms with Crippen LogP contribution in [0.25, 0.3) is 28.1 Å². The largest absolute Gasteiger partial charge is 0.491 e. The summed E-state index contributed by atoms with van der Waals surface area (Å²) >= 11 is 0. The van der Waals surface area contributed by atoms with Crippen molar-refractivity contribution in [3.8, 4) is 17.3 Å². The van der Waals surface area contributed by atoms with Gasteiger partial charge in [0.1, 0.15) is 17.0 Å². The number of likely N-dealkylation sites (tertiary alicyclic amines) is 1. The quantitative estimate of drug-likeness (QED) is 0.503. The lowest BCUT2D eigenvalue weighted by atomic mass is 10.1. The molecule has 1 aromatic carbocycles. The standard InChI is InChI=1S/C25H28N6O/c1-16(30-12-11-20(26)14-30)19-8-10-23-28-29-25(31(23)13-19)21-9-7-18-3-2-4-22(24(18)27-21)32-15-17-5-6-17/h2-4,7-10,13,16-17,20H,5-6,11-12,14-15,26H2,1H3/t16-,20-/m0/s1. The Morgan fingerprint density at radius 3 is 2.81 bits per heavy atom. The second kappa shape index (κ2) is 7.83. The molecule has 1 saturated carbocycles. The smallest absolute Gasteiger partial charge is 0.187 e. The first kappa shape index (κ1) is 19.6. The van der Waals surface area contributed by atoms with Crippen LogP contribution in [0.15, 0.2) is 48.7 Å². The van der Waals surface area contributed by atoms with Gasteiger partial charge in [-0.1, -0.05) is 24.3 Å². The number of pyridine rings is 2. The monoisotopic (exact) mass is 428 g/mol. The van der Waals surface area contributed by atoms with Gasteiger partial charge in [-0.3, -0.25) is 9.30 Å². The number of benzene rings is 1. The maximum absolute atomic E-state index is 6.13. The van der Waals surface area contributed by atoms with Crippen LogP contribution in [-0.4, -0.2) is 50.2 Å². The number of ether oxygens (including phenoxy) is 1. The van der Waals surface area contributed by atoms with E-state index >= 15 is 0 Å². The molecule has 6 rings (SSSR count). The maximum Gasteiger partial charge on any atom is 0.187 e. The number of hydrogen-bond donors (Lipinski definition) is 1. The van der Waals surface area contributed by atoms with Gasteiger partial charge in [-0.25, -0.2) is 4.98 Å². The van der Waals surface area contributed by atoms with E-state index in [9.17, 15) is 0 Å². The molecule has 0 radical (unpaired) electrons. The first-order chi connectivity index (χ1) is 15.7. The van der Waals surface area contributed by atoms with Gasteiger partial charge in [-0.15, -0.1) is 10.2 Å². The molecule has 0 spiro atoms. The van der Waals surface area contributed by atoms with Crippen LogP contribution in [0.2, 0.25) is 0 Å². The van der Waals surface area contributed by atoms with Gasteiger partial charge in [0, 0.05) is 36.8 Å². The molecule has 0 unspecified atom stereocenters. The first-order valence-corrected chi connectivity index (χ1v) is 11.5. The lowest BCUT2D eigenvalue weighted by molar-refractivity contribution is 0.259. The van der Waals surface area contributed by atoms with Crippen molar-refractivity contribution < 1.29 is 4.74 Å². The number of rotatable bonds is 6. The average Bonchev–Trinajstić information content (AvgIpc) is 3.39. The molecule has 2 aliphatic rings. The van der Waals surface area contributed by atoms with Crippen LogP contribution in [0.4, 0.5) is 0 Å². The van der Waals surface area contributed by atoms with Crippen LogP contribution in [0.5, 0.6) is 5.75 Å². The zero-order valence-electron chi connectivity index (χ0n) is 18.3. The Morgan fingerprint density at radius 1 is 1.09 bits per heavy atom. The minimum atomic E-state index is 0.268. The molecule has 3 aromatic heterocycles. The van der Waals surface area contributed by atoms with Crippen LogP contribution < -0.4 is 10.5 Å². The summed E-state index contributed by atoms with van der Waals surface area (Å²) < 4.78 is 8.14. The summed E-state index contributed by atoms with van der Waals surface area (Å²) in [5.41, 5.74) is 9.83. The zero-order chi connectivity index (χ0) is 21.7. The molecule has 2 atom stereocenters. The summed E-state index contributed by atoms with van der Waals surface area (Å²) in [7, 11) is 0. The molecule has 1 aliphatic heterocycles. The third-order valence-corrected chi connectivity index (χ3v) is 6.80. The topological polar surface area (TPSA) is 81.6 Å². The van der Waals surface area contributed by atoms with Crippen LogP contribution in [0.1, 0.15) is 37.8 Å². The van der Waals surface area contributed by atoms with E-state index in [0.717, 1.165) is 59.9 Å². The number of hydrogen-bond acceptors (Lipinski definition) is 6. The predicted molar refractivity (Wildman–Crippen MR) is 125 cm³/mol. The van der Waals surface area contributed by atoms with E-state index in [4.69, 9.17) is 15.5 Å². The SMILES string of the molecule is C[C@@H](c1ccc2nnc(-c3ccc4cccc(OCC5CC5)c4n3)n2c1)N1CC[C@H](N)C1. The third-order valence-electron chi connectivity index (χ3n) is 6.80. The van der Waals surface area contributed by atoms with Crippen LogP contribution in [-0.2, 0) is 0 Å². The Kier molecular flexibility index (Phi) is 4.81. The number of aromatic nitrogens is 4. The molecule has 4 heterocycles. The predicted octanol–water partition coefficient (Wildman–Crippen LogP) is 3.83. The third kappa shape index (κ3) is 3.61. The van der Waals surface area contributed by atoms with E-state index in [1.54, 1.807) is 0 Å². The summed E-state index contributed by atoms with van der Waals surface area (Å²) in [5, 5.41) is 9.92. The highest BCUT2D eigenvalue weighted by Gasteiger charge is 2.25. The zero-order valence-corrected chi connectivity index (χ0v) is 18.3. The van der Waals surface area contributed by atoms with Crippen molar-refractivity contribution in [3.05, 3.63) is 54.2 Å². The molecule has 1 aliphatic carbocycles. The van der Waals surface area contributed by atoms with E-state index in [1.165, 1.54) is 18.4 Å². The van der Waals surface area contributed by atoms with Gasteiger partial charge in [-0.05, 0) is 55.9 Å². The van der Waals surface area contributed by atoms with Crippen LogP contribution in [0.3, 0.4) is 0 Å². The summed E-state index contributed by atoms with van der Waals surface area (Å²) in [6.45, 7) is 4.97. The van der Waals surface area contributed by atoms with Crippen molar-refractivity contribution in [1.82, 2.24) is 24.5 Å². The van der Waals surface area contributed by atoms with Gasteiger partial charge in [0.05, 0.1) is 6.61 Å². The Balaban J connectivity index is 1.37. The fraction of sp³-hybridized carbons (Fsp3) is 0.400. The lowest BCUT2D eigenvalue weighted by Gasteiger charge is -2.24. The number of nitrogens with zero attached hydrogens (tertiary/aromatic N) is 5. The fourth-order valence-electron chi connectivity index (χ4n) is 4.56. The van der Waals surface area contributed by atoms with Gasteiger partial charge in [0.15, 0.2) is 11.5 Å². The summed E-state index contributed by atoms with van der Waals surface area (Å²) in [5.74, 6) is 2.27. The van der Waals surface area contributed by atoms with E-state index in [-0.39, 0.29) is 12.1 Å². The Bertz CT molecular complexity index is 1280. The summed E-state index contributed by atoms with van der Waals surface area (Å²) in [6, 6.07) is 14.9. The van der Waals surface area contributed by atoms with Gasteiger partial charge in [0.25, 0.3) is 0 Å². The van der Waals surface area contributed by atoms with E-state index in [1.807, 2.05) is 28.7 Å². The van der Waals surface area contributed by atoms with Crippen molar-refractivity contribution in [2.24, 2.45) is 11.7 Å². The minimum Gasteiger partial charge on any atom is -0.491 e. The van der Waals surface area contributed by atoms with E-state index in [0.29, 0.717) is 5.92 Å². The minimum absolute atomic E-state index is 0.268. The Morgan fingerprint density at radius 2 is 2.00 bits per heavy atom. The van der Waals surface area contributed by atoms with Crippen LogP contribution >= 0.6 is 0 Å². The second-order valence-corrected chi connectivity index (χ2v) is 9.21. The molecule has 7 nitrogen and oxygen atoms in total. The van der Waals surface area contributed by atoms with Gasteiger partial charge >= 0.3 is 0 Å². The molecule has 4 aromatic rings. The normalized spacial score (nSPS) is 20.2. The van der Waals surface area contributed by atoms with Gasteiger partial charge < -0.3 is 10.5 Å². The maximum atomic E-state index is 6.13. The second-order valence-electron chi connectivity index (χ2n) is 9.21. The molecule has 7 heteroatoms. The lowest BCUT2D eigenvalue weighted by Crippen LogP contribution is -2.28. The first-order valence-electron chi connectivity index (χ1n) is 11.5. The van der Waals surface area contributed by atoms with Crippen molar-refractivity contribution >= 4 is 16.6 Å². The molecule has 164 valence electrons. The van der Waals surface area contributed by atoms with Gasteiger partial charge in [-0.2, -0.15) is 0 Å². The number of fused-ring (bicyclic) bond motifs is 2. The molecule has 1 saturated heterocycles. The highest BCUT2D eigenvalue weighted by Crippen LogP contribution is 2.32. The van der Waals surface area contributed by atoms with E-state index < -0.39 is 0 Å². The highest BCUT2D eigenvalue weighted by atomic mass is 16.5. The number of nitrogens with two attached hydrogens (primary N) is 1.